The molecule has 0 aliphatic heterocycles. The lowest BCUT2D eigenvalue weighted by molar-refractivity contribution is 0.295. The van der Waals surface area contributed by atoms with Crippen molar-refractivity contribution in [2.75, 3.05) is 18.6 Å². The summed E-state index contributed by atoms with van der Waals surface area (Å²) in [6, 6.07) is 0.517. The molecule has 1 aliphatic carbocycles. The summed E-state index contributed by atoms with van der Waals surface area (Å²) >= 11 is 0. The van der Waals surface area contributed by atoms with Crippen LogP contribution in [0.25, 0.3) is 0 Å². The van der Waals surface area contributed by atoms with Gasteiger partial charge in [-0.3, -0.25) is 0 Å². The third-order valence-electron chi connectivity index (χ3n) is 3.94. The summed E-state index contributed by atoms with van der Waals surface area (Å²) in [6.07, 6.45) is 8.59. The van der Waals surface area contributed by atoms with Gasteiger partial charge in [0, 0.05) is 18.1 Å². The third kappa shape index (κ3) is 6.74. The fourth-order valence-corrected chi connectivity index (χ4v) is 3.62. The summed E-state index contributed by atoms with van der Waals surface area (Å²) in [7, 11) is -2.79. The van der Waals surface area contributed by atoms with Crippen LogP contribution in [-0.2, 0) is 9.84 Å². The molecule has 0 radical (unpaired) electrons. The third-order valence-corrected chi connectivity index (χ3v) is 4.98. The SMILES string of the molecule is CC(C)NCC(CCCS(C)(=O)=O)C1CCCC1. The molecule has 4 heteroatoms. The molecule has 0 amide bonds. The maximum Gasteiger partial charge on any atom is 0.147 e. The summed E-state index contributed by atoms with van der Waals surface area (Å²) in [5.41, 5.74) is 0. The Morgan fingerprint density at radius 2 is 1.83 bits per heavy atom. The molecular formula is C14H29NO2S. The standard InChI is InChI=1S/C14H29NO2S/c1-12(2)15-11-14(13-7-4-5-8-13)9-6-10-18(3,16)17/h12-15H,4-11H2,1-3H3. The summed E-state index contributed by atoms with van der Waals surface area (Å²) < 4.78 is 22.4. The zero-order valence-corrected chi connectivity index (χ0v) is 12.9. The molecule has 0 aromatic rings. The molecule has 18 heavy (non-hydrogen) atoms. The van der Waals surface area contributed by atoms with Gasteiger partial charge in [0.25, 0.3) is 0 Å². The molecular weight excluding hydrogens is 246 g/mol. The Bertz CT molecular complexity index is 319. The maximum atomic E-state index is 11.2. The first kappa shape index (κ1) is 16.0. The van der Waals surface area contributed by atoms with Crippen LogP contribution in [0.4, 0.5) is 0 Å². The molecule has 1 saturated carbocycles. The van der Waals surface area contributed by atoms with E-state index in [0.717, 1.165) is 25.3 Å². The average Bonchev–Trinajstić information content (AvgIpc) is 2.74. The van der Waals surface area contributed by atoms with Crippen molar-refractivity contribution >= 4 is 9.84 Å². The number of hydrogen-bond acceptors (Lipinski definition) is 3. The minimum atomic E-state index is -2.79. The molecule has 0 bridgehead atoms. The van der Waals surface area contributed by atoms with Gasteiger partial charge in [0.1, 0.15) is 9.84 Å². The first-order valence-corrected chi connectivity index (χ1v) is 9.35. The van der Waals surface area contributed by atoms with Crippen LogP contribution in [0.2, 0.25) is 0 Å². The van der Waals surface area contributed by atoms with E-state index in [4.69, 9.17) is 0 Å². The van der Waals surface area contributed by atoms with E-state index in [2.05, 4.69) is 19.2 Å². The lowest BCUT2D eigenvalue weighted by atomic mass is 9.87. The smallest absolute Gasteiger partial charge is 0.147 e. The highest BCUT2D eigenvalue weighted by Crippen LogP contribution is 2.33. The predicted octanol–water partition coefficient (Wildman–Crippen LogP) is 2.62. The molecule has 1 rings (SSSR count). The molecule has 3 nitrogen and oxygen atoms in total. The van der Waals surface area contributed by atoms with Gasteiger partial charge in [0.2, 0.25) is 0 Å². The fourth-order valence-electron chi connectivity index (χ4n) is 2.93. The van der Waals surface area contributed by atoms with Crippen molar-refractivity contribution in [2.45, 2.75) is 58.4 Å². The van der Waals surface area contributed by atoms with Gasteiger partial charge in [-0.1, -0.05) is 39.5 Å². The molecule has 1 fully saturated rings. The van der Waals surface area contributed by atoms with Crippen LogP contribution >= 0.6 is 0 Å². The van der Waals surface area contributed by atoms with Crippen LogP contribution in [0, 0.1) is 11.8 Å². The lowest BCUT2D eigenvalue weighted by Gasteiger charge is -2.25. The van der Waals surface area contributed by atoms with Gasteiger partial charge in [0.05, 0.1) is 0 Å². The topological polar surface area (TPSA) is 46.2 Å². The highest BCUT2D eigenvalue weighted by atomic mass is 32.2. The molecule has 108 valence electrons. The van der Waals surface area contributed by atoms with E-state index in [0.29, 0.717) is 17.7 Å². The Balaban J connectivity index is 2.38. The monoisotopic (exact) mass is 275 g/mol. The molecule has 1 unspecified atom stereocenters. The highest BCUT2D eigenvalue weighted by molar-refractivity contribution is 7.90. The number of hydrogen-bond donors (Lipinski definition) is 1. The molecule has 0 aromatic heterocycles. The first-order valence-electron chi connectivity index (χ1n) is 7.29. The van der Waals surface area contributed by atoms with E-state index in [9.17, 15) is 8.42 Å². The van der Waals surface area contributed by atoms with Gasteiger partial charge in [-0.05, 0) is 31.2 Å². The second-order valence-electron chi connectivity index (χ2n) is 6.14. The van der Waals surface area contributed by atoms with E-state index in [1.807, 2.05) is 0 Å². The molecule has 0 heterocycles. The Kier molecular flexibility index (Phi) is 6.64. The number of nitrogens with one attached hydrogen (secondary N) is 1. The molecule has 0 aromatic carbocycles. The quantitative estimate of drug-likeness (QED) is 0.740. The normalized spacial score (nSPS) is 19.6. The van der Waals surface area contributed by atoms with Gasteiger partial charge < -0.3 is 5.32 Å². The van der Waals surface area contributed by atoms with Crippen molar-refractivity contribution < 1.29 is 8.42 Å². The number of rotatable bonds is 8. The zero-order valence-electron chi connectivity index (χ0n) is 12.1. The molecule has 1 N–H and O–H groups in total. The fraction of sp³-hybridized carbons (Fsp3) is 1.00. The molecule has 0 spiro atoms. The zero-order chi connectivity index (χ0) is 13.6. The van der Waals surface area contributed by atoms with Crippen molar-refractivity contribution in [3.8, 4) is 0 Å². The predicted molar refractivity (Wildman–Crippen MR) is 77.5 cm³/mol. The van der Waals surface area contributed by atoms with Gasteiger partial charge in [0.15, 0.2) is 0 Å². The van der Waals surface area contributed by atoms with E-state index in [1.54, 1.807) is 0 Å². The van der Waals surface area contributed by atoms with Crippen molar-refractivity contribution in [1.29, 1.82) is 0 Å². The molecule has 1 atom stereocenters. The largest absolute Gasteiger partial charge is 0.314 e. The van der Waals surface area contributed by atoms with Gasteiger partial charge >= 0.3 is 0 Å². The van der Waals surface area contributed by atoms with Crippen molar-refractivity contribution in [1.82, 2.24) is 5.32 Å². The Labute approximate surface area is 113 Å². The second kappa shape index (κ2) is 7.49. The van der Waals surface area contributed by atoms with E-state index in [1.165, 1.54) is 31.9 Å². The minimum Gasteiger partial charge on any atom is -0.314 e. The van der Waals surface area contributed by atoms with Crippen molar-refractivity contribution in [3.05, 3.63) is 0 Å². The first-order chi connectivity index (χ1) is 8.38. The summed E-state index contributed by atoms with van der Waals surface area (Å²) in [5.74, 6) is 1.82. The summed E-state index contributed by atoms with van der Waals surface area (Å²) in [4.78, 5) is 0. The van der Waals surface area contributed by atoms with Gasteiger partial charge in [-0.25, -0.2) is 8.42 Å². The van der Waals surface area contributed by atoms with Crippen LogP contribution < -0.4 is 5.32 Å². The molecule has 1 aliphatic rings. The van der Waals surface area contributed by atoms with Crippen LogP contribution in [-0.4, -0.2) is 33.0 Å². The Hall–Kier alpha value is -0.0900. The van der Waals surface area contributed by atoms with Crippen LogP contribution in [0.5, 0.6) is 0 Å². The second-order valence-corrected chi connectivity index (χ2v) is 8.40. The van der Waals surface area contributed by atoms with Gasteiger partial charge in [-0.2, -0.15) is 0 Å². The van der Waals surface area contributed by atoms with Crippen molar-refractivity contribution in [2.24, 2.45) is 11.8 Å². The Morgan fingerprint density at radius 1 is 1.22 bits per heavy atom. The molecule has 0 saturated heterocycles. The average molecular weight is 275 g/mol. The van der Waals surface area contributed by atoms with Crippen molar-refractivity contribution in [3.63, 3.8) is 0 Å². The summed E-state index contributed by atoms with van der Waals surface area (Å²) in [6.45, 7) is 5.39. The van der Waals surface area contributed by atoms with Crippen LogP contribution in [0.1, 0.15) is 52.4 Å². The van der Waals surface area contributed by atoms with E-state index in [-0.39, 0.29) is 0 Å². The van der Waals surface area contributed by atoms with E-state index >= 15 is 0 Å². The lowest BCUT2D eigenvalue weighted by Crippen LogP contribution is -2.32. The Morgan fingerprint density at radius 3 is 2.33 bits per heavy atom. The van der Waals surface area contributed by atoms with Crippen LogP contribution in [0.15, 0.2) is 0 Å². The van der Waals surface area contributed by atoms with Gasteiger partial charge in [-0.15, -0.1) is 0 Å². The highest BCUT2D eigenvalue weighted by Gasteiger charge is 2.24. The number of sulfone groups is 1. The summed E-state index contributed by atoms with van der Waals surface area (Å²) in [5, 5.41) is 3.52. The maximum absolute atomic E-state index is 11.2. The minimum absolute atomic E-state index is 0.345. The van der Waals surface area contributed by atoms with Crippen LogP contribution in [0.3, 0.4) is 0 Å². The van der Waals surface area contributed by atoms with E-state index < -0.39 is 9.84 Å².